The highest BCUT2D eigenvalue weighted by Crippen LogP contribution is 2.36. The lowest BCUT2D eigenvalue weighted by Crippen LogP contribution is -2.42. The molecule has 3 unspecified atom stereocenters. The third kappa shape index (κ3) is 3.63. The van der Waals surface area contributed by atoms with Crippen LogP contribution in [0.5, 0.6) is 0 Å². The molecule has 1 aromatic rings. The summed E-state index contributed by atoms with van der Waals surface area (Å²) < 4.78 is 13.5. The van der Waals surface area contributed by atoms with E-state index in [1.54, 1.807) is 12.1 Å². The van der Waals surface area contributed by atoms with Crippen LogP contribution in [-0.4, -0.2) is 41.4 Å². The van der Waals surface area contributed by atoms with E-state index in [2.05, 4.69) is 12.2 Å². The fourth-order valence-corrected chi connectivity index (χ4v) is 4.38. The van der Waals surface area contributed by atoms with Crippen molar-refractivity contribution in [2.45, 2.75) is 31.8 Å². The molecule has 2 aliphatic rings. The lowest BCUT2D eigenvalue weighted by molar-refractivity contribution is -0.132. The van der Waals surface area contributed by atoms with Gasteiger partial charge in [0.05, 0.1) is 6.04 Å². The molecule has 22 heavy (non-hydrogen) atoms. The van der Waals surface area contributed by atoms with Crippen LogP contribution in [0.1, 0.15) is 31.4 Å². The number of benzene rings is 1. The monoisotopic (exact) mass is 322 g/mol. The Hall–Kier alpha value is -1.07. The van der Waals surface area contributed by atoms with Gasteiger partial charge >= 0.3 is 0 Å². The third-order valence-corrected chi connectivity index (χ3v) is 5.61. The molecular formula is C17H23FN2OS. The van der Waals surface area contributed by atoms with Crippen molar-refractivity contribution in [3.8, 4) is 0 Å². The Morgan fingerprint density at radius 1 is 1.50 bits per heavy atom. The largest absolute Gasteiger partial charge is 0.335 e. The lowest BCUT2D eigenvalue weighted by Gasteiger charge is -2.29. The van der Waals surface area contributed by atoms with Crippen LogP contribution in [0.2, 0.25) is 0 Å². The molecule has 1 N–H and O–H groups in total. The number of carbonyl (C=O) groups excluding carboxylic acids is 1. The summed E-state index contributed by atoms with van der Waals surface area (Å²) in [5, 5.41) is 3.42. The van der Waals surface area contributed by atoms with Gasteiger partial charge in [-0.15, -0.1) is 0 Å². The number of thioether (sulfide) groups is 1. The number of likely N-dealkylation sites (tertiary alicyclic amines) is 1. The van der Waals surface area contributed by atoms with Gasteiger partial charge in [-0.1, -0.05) is 19.1 Å². The zero-order valence-corrected chi connectivity index (χ0v) is 13.7. The van der Waals surface area contributed by atoms with E-state index < -0.39 is 0 Å². The first-order valence-corrected chi connectivity index (χ1v) is 9.15. The first-order chi connectivity index (χ1) is 10.6. The molecule has 3 atom stereocenters. The highest BCUT2D eigenvalue weighted by molar-refractivity contribution is 7.99. The molecule has 0 bridgehead atoms. The molecule has 2 aliphatic heterocycles. The number of nitrogens with one attached hydrogen (secondary N) is 1. The predicted octanol–water partition coefficient (Wildman–Crippen LogP) is 2.83. The van der Waals surface area contributed by atoms with Gasteiger partial charge in [0.2, 0.25) is 5.91 Å². The van der Waals surface area contributed by atoms with Gasteiger partial charge in [-0.05, 0) is 30.0 Å². The first-order valence-electron chi connectivity index (χ1n) is 7.99. The second-order valence-electron chi connectivity index (χ2n) is 6.39. The number of carbonyl (C=O) groups is 1. The Labute approximate surface area is 135 Å². The van der Waals surface area contributed by atoms with E-state index in [0.29, 0.717) is 12.3 Å². The van der Waals surface area contributed by atoms with Crippen LogP contribution in [0.4, 0.5) is 4.39 Å². The van der Waals surface area contributed by atoms with E-state index in [0.717, 1.165) is 36.6 Å². The van der Waals surface area contributed by atoms with Crippen LogP contribution in [-0.2, 0) is 4.79 Å². The van der Waals surface area contributed by atoms with Crippen molar-refractivity contribution in [1.82, 2.24) is 10.2 Å². The summed E-state index contributed by atoms with van der Waals surface area (Å²) in [5.74, 6) is 2.55. The molecule has 0 spiro atoms. The molecule has 0 saturated carbocycles. The molecule has 2 fully saturated rings. The summed E-state index contributed by atoms with van der Waals surface area (Å²) in [6.07, 6.45) is 1.47. The quantitative estimate of drug-likeness (QED) is 0.929. The molecule has 1 aromatic carbocycles. The van der Waals surface area contributed by atoms with E-state index >= 15 is 0 Å². The van der Waals surface area contributed by atoms with Crippen LogP contribution >= 0.6 is 11.8 Å². The SMILES string of the molecule is CC1CC(c2cccc(F)c2)N(C(=O)CC2CSCCN2)C1. The van der Waals surface area contributed by atoms with Gasteiger partial charge in [0.15, 0.2) is 0 Å². The number of hydrogen-bond donors (Lipinski definition) is 1. The van der Waals surface area contributed by atoms with Crippen LogP contribution in [0.3, 0.4) is 0 Å². The minimum Gasteiger partial charge on any atom is -0.335 e. The van der Waals surface area contributed by atoms with E-state index in [1.807, 2.05) is 22.7 Å². The molecule has 2 heterocycles. The molecule has 0 aromatic heterocycles. The van der Waals surface area contributed by atoms with Crippen molar-refractivity contribution in [2.24, 2.45) is 5.92 Å². The van der Waals surface area contributed by atoms with Gasteiger partial charge in [-0.25, -0.2) is 4.39 Å². The first kappa shape index (κ1) is 15.8. The van der Waals surface area contributed by atoms with Gasteiger partial charge in [-0.3, -0.25) is 4.79 Å². The number of amides is 1. The molecule has 3 nitrogen and oxygen atoms in total. The van der Waals surface area contributed by atoms with E-state index in [4.69, 9.17) is 0 Å². The van der Waals surface area contributed by atoms with Crippen LogP contribution in [0, 0.1) is 11.7 Å². The van der Waals surface area contributed by atoms with Crippen LogP contribution < -0.4 is 5.32 Å². The minimum atomic E-state index is -0.227. The van der Waals surface area contributed by atoms with Gasteiger partial charge in [0.1, 0.15) is 5.82 Å². The fraction of sp³-hybridized carbons (Fsp3) is 0.588. The molecule has 120 valence electrons. The lowest BCUT2D eigenvalue weighted by atomic mass is 10.0. The summed E-state index contributed by atoms with van der Waals surface area (Å²) in [4.78, 5) is 14.7. The minimum absolute atomic E-state index is 0.0226. The van der Waals surface area contributed by atoms with Gasteiger partial charge in [-0.2, -0.15) is 11.8 Å². The molecule has 0 aliphatic carbocycles. The fourth-order valence-electron chi connectivity index (χ4n) is 3.43. The van der Waals surface area contributed by atoms with Gasteiger partial charge in [0.25, 0.3) is 0 Å². The zero-order valence-electron chi connectivity index (χ0n) is 12.9. The Kier molecular flexibility index (Phi) is 5.03. The second-order valence-corrected chi connectivity index (χ2v) is 7.54. The predicted molar refractivity (Wildman–Crippen MR) is 88.4 cm³/mol. The van der Waals surface area contributed by atoms with E-state index in [1.165, 1.54) is 6.07 Å². The van der Waals surface area contributed by atoms with Crippen molar-refractivity contribution in [2.75, 3.05) is 24.6 Å². The molecule has 1 amide bonds. The van der Waals surface area contributed by atoms with Crippen LogP contribution in [0.15, 0.2) is 24.3 Å². The van der Waals surface area contributed by atoms with Crippen molar-refractivity contribution in [3.05, 3.63) is 35.6 Å². The Morgan fingerprint density at radius 2 is 2.36 bits per heavy atom. The molecule has 2 saturated heterocycles. The maximum absolute atomic E-state index is 13.5. The summed E-state index contributed by atoms with van der Waals surface area (Å²) in [6, 6.07) is 6.98. The number of rotatable bonds is 3. The number of hydrogen-bond acceptors (Lipinski definition) is 3. The molecular weight excluding hydrogens is 299 g/mol. The Bertz CT molecular complexity index is 533. The van der Waals surface area contributed by atoms with Crippen LogP contribution in [0.25, 0.3) is 0 Å². The summed E-state index contributed by atoms with van der Waals surface area (Å²) in [7, 11) is 0. The van der Waals surface area contributed by atoms with Crippen molar-refractivity contribution in [1.29, 1.82) is 0 Å². The summed E-state index contributed by atoms with van der Waals surface area (Å²) in [5.41, 5.74) is 0.920. The maximum atomic E-state index is 13.5. The van der Waals surface area contributed by atoms with Crippen molar-refractivity contribution in [3.63, 3.8) is 0 Å². The molecule has 0 radical (unpaired) electrons. The third-order valence-electron chi connectivity index (χ3n) is 4.48. The average molecular weight is 322 g/mol. The normalized spacial score (nSPS) is 28.8. The Balaban J connectivity index is 1.71. The highest BCUT2D eigenvalue weighted by atomic mass is 32.2. The summed E-state index contributed by atoms with van der Waals surface area (Å²) in [6.45, 7) is 3.92. The molecule has 3 rings (SSSR count). The van der Waals surface area contributed by atoms with Crippen molar-refractivity contribution >= 4 is 17.7 Å². The average Bonchev–Trinajstić information content (AvgIpc) is 2.90. The second kappa shape index (κ2) is 7.01. The van der Waals surface area contributed by atoms with Gasteiger partial charge in [0, 0.05) is 37.1 Å². The van der Waals surface area contributed by atoms with E-state index in [9.17, 15) is 9.18 Å². The standard InChI is InChI=1S/C17H23FN2OS/c1-12-7-16(13-3-2-4-14(18)8-13)20(10-12)17(21)9-15-11-22-6-5-19-15/h2-4,8,12,15-16,19H,5-7,9-11H2,1H3. The summed E-state index contributed by atoms with van der Waals surface area (Å²) >= 11 is 1.90. The van der Waals surface area contributed by atoms with Crippen molar-refractivity contribution < 1.29 is 9.18 Å². The number of halogens is 1. The topological polar surface area (TPSA) is 32.3 Å². The van der Waals surface area contributed by atoms with E-state index in [-0.39, 0.29) is 23.8 Å². The smallest absolute Gasteiger partial charge is 0.224 e. The highest BCUT2D eigenvalue weighted by Gasteiger charge is 2.35. The van der Waals surface area contributed by atoms with Gasteiger partial charge < -0.3 is 10.2 Å². The molecule has 5 heteroatoms. The zero-order chi connectivity index (χ0) is 15.5. The number of nitrogens with zero attached hydrogens (tertiary/aromatic N) is 1. The Morgan fingerprint density at radius 3 is 3.09 bits per heavy atom. The maximum Gasteiger partial charge on any atom is 0.224 e.